The SMILES string of the molecule is CC(=O)OCC1OC(OC(c2ccccc2)c2ccc(NC(=O)OC(C)(C)C)cc2)C(NC(=O)CN=[N+]=[N-])C(C)C1OC(C)=O. The van der Waals surface area contributed by atoms with Crippen LogP contribution in [0.3, 0.4) is 0 Å². The van der Waals surface area contributed by atoms with Crippen molar-refractivity contribution in [3.8, 4) is 0 Å². The van der Waals surface area contributed by atoms with Gasteiger partial charge in [0.25, 0.3) is 0 Å². The third kappa shape index (κ3) is 10.8. The number of benzene rings is 2. The fourth-order valence-corrected chi connectivity index (χ4v) is 4.75. The van der Waals surface area contributed by atoms with E-state index in [0.717, 1.165) is 5.56 Å². The third-order valence-corrected chi connectivity index (χ3v) is 6.64. The summed E-state index contributed by atoms with van der Waals surface area (Å²) in [5.74, 6) is -2.35. The standard InChI is InChI=1S/C31H39N5O9/c1-18-26(35-25(39)16-33-36-32)29(43-24(17-41-19(2)37)27(18)42-20(3)38)44-28(21-10-8-7-9-11-21)22-12-14-23(15-13-22)34-30(40)45-31(4,5)6/h7-15,18,24,26-29H,16-17H2,1-6H3,(H,34,40)(H,35,39). The molecule has 2 aromatic carbocycles. The minimum absolute atomic E-state index is 0.238. The fraction of sp³-hybridized carbons (Fsp3) is 0.484. The van der Waals surface area contributed by atoms with Gasteiger partial charge in [0.05, 0.1) is 6.04 Å². The monoisotopic (exact) mass is 625 g/mol. The van der Waals surface area contributed by atoms with Crippen molar-refractivity contribution in [1.29, 1.82) is 0 Å². The molecular weight excluding hydrogens is 586 g/mol. The molecule has 14 nitrogen and oxygen atoms in total. The summed E-state index contributed by atoms with van der Waals surface area (Å²) in [6.07, 6.45) is -4.33. The van der Waals surface area contributed by atoms with Crippen molar-refractivity contribution >= 4 is 29.6 Å². The van der Waals surface area contributed by atoms with Crippen LogP contribution in [-0.4, -0.2) is 67.2 Å². The Morgan fingerprint density at radius 3 is 2.22 bits per heavy atom. The van der Waals surface area contributed by atoms with Crippen LogP contribution in [0.25, 0.3) is 10.4 Å². The number of ether oxygens (including phenoxy) is 5. The zero-order valence-electron chi connectivity index (χ0n) is 26.1. The number of hydrogen-bond acceptors (Lipinski definition) is 10. The molecule has 1 heterocycles. The molecule has 1 aliphatic rings. The van der Waals surface area contributed by atoms with Gasteiger partial charge in [-0.15, -0.1) is 0 Å². The van der Waals surface area contributed by atoms with E-state index in [1.165, 1.54) is 13.8 Å². The highest BCUT2D eigenvalue weighted by molar-refractivity contribution is 5.84. The molecule has 0 aliphatic carbocycles. The second kappa shape index (κ2) is 15.9. The summed E-state index contributed by atoms with van der Waals surface area (Å²) < 4.78 is 29.0. The number of azide groups is 1. The summed E-state index contributed by atoms with van der Waals surface area (Å²) in [5, 5.41) is 8.81. The van der Waals surface area contributed by atoms with Crippen LogP contribution in [0.4, 0.5) is 10.5 Å². The number of esters is 2. The van der Waals surface area contributed by atoms with E-state index < -0.39 is 72.6 Å². The fourth-order valence-electron chi connectivity index (χ4n) is 4.75. The first-order valence-electron chi connectivity index (χ1n) is 14.3. The zero-order valence-corrected chi connectivity index (χ0v) is 26.1. The second-order valence-electron chi connectivity index (χ2n) is 11.4. The molecule has 45 heavy (non-hydrogen) atoms. The Labute approximate surface area is 261 Å². The smallest absolute Gasteiger partial charge is 0.412 e. The Bertz CT molecular complexity index is 1370. The molecule has 6 unspecified atom stereocenters. The minimum Gasteiger partial charge on any atom is -0.463 e. The maximum Gasteiger partial charge on any atom is 0.412 e. The Morgan fingerprint density at radius 2 is 1.64 bits per heavy atom. The van der Waals surface area contributed by atoms with E-state index in [-0.39, 0.29) is 6.61 Å². The van der Waals surface area contributed by atoms with Gasteiger partial charge in [-0.1, -0.05) is 54.5 Å². The summed E-state index contributed by atoms with van der Waals surface area (Å²) in [4.78, 5) is 51.3. The average Bonchev–Trinajstić information content (AvgIpc) is 2.96. The lowest BCUT2D eigenvalue weighted by Crippen LogP contribution is -2.62. The van der Waals surface area contributed by atoms with E-state index in [0.29, 0.717) is 11.3 Å². The number of nitrogens with one attached hydrogen (secondary N) is 2. The van der Waals surface area contributed by atoms with Gasteiger partial charge in [-0.2, -0.15) is 0 Å². The van der Waals surface area contributed by atoms with E-state index in [4.69, 9.17) is 29.2 Å². The van der Waals surface area contributed by atoms with Gasteiger partial charge >= 0.3 is 18.0 Å². The van der Waals surface area contributed by atoms with E-state index in [2.05, 4.69) is 20.7 Å². The Kier molecular flexibility index (Phi) is 12.3. The molecule has 0 radical (unpaired) electrons. The normalized spacial score (nSPS) is 21.8. The lowest BCUT2D eigenvalue weighted by molar-refractivity contribution is -0.271. The summed E-state index contributed by atoms with van der Waals surface area (Å²) in [7, 11) is 0. The topological polar surface area (TPSA) is 187 Å². The maximum absolute atomic E-state index is 12.7. The van der Waals surface area contributed by atoms with Crippen LogP contribution >= 0.6 is 0 Å². The Balaban J connectivity index is 1.98. The van der Waals surface area contributed by atoms with Gasteiger partial charge in [-0.25, -0.2) is 4.79 Å². The van der Waals surface area contributed by atoms with E-state index in [1.54, 1.807) is 52.0 Å². The molecule has 2 N–H and O–H groups in total. The van der Waals surface area contributed by atoms with E-state index in [9.17, 15) is 19.2 Å². The van der Waals surface area contributed by atoms with Crippen molar-refractivity contribution in [3.63, 3.8) is 0 Å². The highest BCUT2D eigenvalue weighted by atomic mass is 16.7. The number of rotatable bonds is 11. The summed E-state index contributed by atoms with van der Waals surface area (Å²) in [6.45, 7) is 8.80. The quantitative estimate of drug-likeness (QED) is 0.116. The van der Waals surface area contributed by atoms with Crippen LogP contribution in [-0.2, 0) is 38.1 Å². The number of anilines is 1. The summed E-state index contributed by atoms with van der Waals surface area (Å²) in [5.41, 5.74) is 9.96. The van der Waals surface area contributed by atoms with Crippen LogP contribution in [0, 0.1) is 5.92 Å². The Morgan fingerprint density at radius 1 is 1.00 bits per heavy atom. The number of nitrogens with zero attached hydrogens (tertiary/aromatic N) is 3. The molecule has 6 atom stereocenters. The molecule has 14 heteroatoms. The lowest BCUT2D eigenvalue weighted by Gasteiger charge is -2.45. The van der Waals surface area contributed by atoms with Crippen LogP contribution in [0.2, 0.25) is 0 Å². The first-order valence-corrected chi connectivity index (χ1v) is 14.3. The number of carbonyl (C=O) groups excluding carboxylic acids is 4. The van der Waals surface area contributed by atoms with E-state index >= 15 is 0 Å². The van der Waals surface area contributed by atoms with Gasteiger partial charge < -0.3 is 29.0 Å². The number of carbonyl (C=O) groups is 4. The molecule has 1 aliphatic heterocycles. The van der Waals surface area contributed by atoms with Crippen molar-refractivity contribution in [2.24, 2.45) is 11.0 Å². The summed E-state index contributed by atoms with van der Waals surface area (Å²) in [6, 6.07) is 15.3. The zero-order chi connectivity index (χ0) is 33.1. The van der Waals surface area contributed by atoms with Crippen molar-refractivity contribution in [3.05, 3.63) is 76.2 Å². The van der Waals surface area contributed by atoms with Gasteiger partial charge in [0.15, 0.2) is 6.29 Å². The molecular formula is C31H39N5O9. The largest absolute Gasteiger partial charge is 0.463 e. The van der Waals surface area contributed by atoms with Gasteiger partial charge in [-0.3, -0.25) is 19.7 Å². The molecule has 1 fully saturated rings. The van der Waals surface area contributed by atoms with Gasteiger partial charge in [-0.05, 0) is 49.6 Å². The maximum atomic E-state index is 12.7. The molecule has 2 aromatic rings. The average molecular weight is 626 g/mol. The third-order valence-electron chi connectivity index (χ3n) is 6.64. The molecule has 1 saturated heterocycles. The predicted octanol–water partition coefficient (Wildman–Crippen LogP) is 4.79. The van der Waals surface area contributed by atoms with Crippen molar-refractivity contribution in [1.82, 2.24) is 5.32 Å². The van der Waals surface area contributed by atoms with Crippen molar-refractivity contribution in [2.75, 3.05) is 18.5 Å². The molecule has 0 saturated carbocycles. The second-order valence-corrected chi connectivity index (χ2v) is 11.4. The molecule has 242 valence electrons. The molecule has 0 aromatic heterocycles. The molecule has 0 spiro atoms. The number of amides is 2. The van der Waals surface area contributed by atoms with Crippen LogP contribution in [0.1, 0.15) is 58.8 Å². The van der Waals surface area contributed by atoms with Gasteiger partial charge in [0.1, 0.15) is 37.1 Å². The minimum atomic E-state index is -1.15. The first-order chi connectivity index (χ1) is 21.3. The Hall–Kier alpha value is -4.65. The number of hydrogen-bond donors (Lipinski definition) is 2. The highest BCUT2D eigenvalue weighted by Gasteiger charge is 2.48. The van der Waals surface area contributed by atoms with Crippen molar-refractivity contribution < 1.29 is 42.9 Å². The van der Waals surface area contributed by atoms with Gasteiger partial charge in [0, 0.05) is 30.4 Å². The summed E-state index contributed by atoms with van der Waals surface area (Å²) >= 11 is 0. The highest BCUT2D eigenvalue weighted by Crippen LogP contribution is 2.35. The first kappa shape index (κ1) is 34.8. The molecule has 0 bridgehead atoms. The molecule has 2 amide bonds. The van der Waals surface area contributed by atoms with Crippen LogP contribution < -0.4 is 10.6 Å². The van der Waals surface area contributed by atoms with Crippen molar-refractivity contribution in [2.45, 2.75) is 77.8 Å². The molecule has 3 rings (SSSR count). The lowest BCUT2D eigenvalue weighted by atomic mass is 9.88. The van der Waals surface area contributed by atoms with Crippen LogP contribution in [0.15, 0.2) is 59.7 Å². The van der Waals surface area contributed by atoms with Crippen LogP contribution in [0.5, 0.6) is 0 Å². The van der Waals surface area contributed by atoms with Gasteiger partial charge in [0.2, 0.25) is 5.91 Å². The van der Waals surface area contributed by atoms with E-state index in [1.807, 2.05) is 30.3 Å². The predicted molar refractivity (Wildman–Crippen MR) is 162 cm³/mol.